The van der Waals surface area contributed by atoms with Crippen LogP contribution in [0.2, 0.25) is 0 Å². The van der Waals surface area contributed by atoms with Crippen molar-refractivity contribution in [3.05, 3.63) is 53.2 Å². The molecular formula is C14H14N4. The molecule has 0 unspecified atom stereocenters. The van der Waals surface area contributed by atoms with Crippen molar-refractivity contribution in [2.45, 2.75) is 13.5 Å². The molecule has 2 aromatic rings. The first-order valence-corrected chi connectivity index (χ1v) is 5.65. The van der Waals surface area contributed by atoms with Crippen LogP contribution in [0.3, 0.4) is 0 Å². The number of hydrogen-bond donors (Lipinski definition) is 2. The van der Waals surface area contributed by atoms with Gasteiger partial charge in [0.25, 0.3) is 0 Å². The summed E-state index contributed by atoms with van der Waals surface area (Å²) in [5.74, 6) is 0.598. The molecule has 0 bridgehead atoms. The van der Waals surface area contributed by atoms with E-state index in [2.05, 4.69) is 16.4 Å². The maximum Gasteiger partial charge on any atom is 0.144 e. The largest absolute Gasteiger partial charge is 0.398 e. The van der Waals surface area contributed by atoms with Gasteiger partial charge in [-0.2, -0.15) is 5.26 Å². The number of nitriles is 1. The van der Waals surface area contributed by atoms with Gasteiger partial charge >= 0.3 is 0 Å². The predicted molar refractivity (Wildman–Crippen MR) is 71.9 cm³/mol. The molecule has 0 aliphatic heterocycles. The summed E-state index contributed by atoms with van der Waals surface area (Å²) < 4.78 is 0. The van der Waals surface area contributed by atoms with Crippen LogP contribution in [0.25, 0.3) is 0 Å². The van der Waals surface area contributed by atoms with Crippen LogP contribution in [0, 0.1) is 18.3 Å². The second-order valence-corrected chi connectivity index (χ2v) is 4.02. The molecule has 90 valence electrons. The molecule has 1 aromatic carbocycles. The fourth-order valence-electron chi connectivity index (χ4n) is 1.71. The number of benzene rings is 1. The summed E-state index contributed by atoms with van der Waals surface area (Å²) >= 11 is 0. The number of hydrogen-bond acceptors (Lipinski definition) is 4. The predicted octanol–water partition coefficient (Wildman–Crippen LogP) is 2.46. The molecule has 0 saturated heterocycles. The van der Waals surface area contributed by atoms with Crippen molar-refractivity contribution in [2.24, 2.45) is 0 Å². The van der Waals surface area contributed by atoms with Crippen LogP contribution in [0.5, 0.6) is 0 Å². The number of nitrogen functional groups attached to an aromatic ring is 1. The van der Waals surface area contributed by atoms with Gasteiger partial charge in [0, 0.05) is 18.4 Å². The Balaban J connectivity index is 2.19. The number of nitrogens with one attached hydrogen (secondary N) is 1. The minimum Gasteiger partial charge on any atom is -0.398 e. The monoisotopic (exact) mass is 238 g/mol. The Labute approximate surface area is 106 Å². The Morgan fingerprint density at radius 1 is 1.33 bits per heavy atom. The number of nitrogens with two attached hydrogens (primary N) is 1. The van der Waals surface area contributed by atoms with Gasteiger partial charge in [0.15, 0.2) is 0 Å². The van der Waals surface area contributed by atoms with Crippen molar-refractivity contribution in [3.63, 3.8) is 0 Å². The molecule has 0 fully saturated rings. The van der Waals surface area contributed by atoms with Crippen molar-refractivity contribution >= 4 is 11.5 Å². The quantitative estimate of drug-likeness (QED) is 0.805. The van der Waals surface area contributed by atoms with Crippen molar-refractivity contribution in [1.82, 2.24) is 4.98 Å². The molecule has 4 heteroatoms. The van der Waals surface area contributed by atoms with Gasteiger partial charge in [-0.1, -0.05) is 18.2 Å². The first-order valence-electron chi connectivity index (χ1n) is 5.65. The molecule has 2 rings (SSSR count). The third-order valence-electron chi connectivity index (χ3n) is 2.77. The third-order valence-corrected chi connectivity index (χ3v) is 2.77. The normalized spacial score (nSPS) is 9.78. The van der Waals surface area contributed by atoms with Gasteiger partial charge in [-0.25, -0.2) is 4.98 Å². The third kappa shape index (κ3) is 2.41. The maximum absolute atomic E-state index is 9.10. The Bertz CT molecular complexity index is 599. The SMILES string of the molecule is Cc1ccnc(NCc2ccccc2N)c1C#N. The zero-order valence-corrected chi connectivity index (χ0v) is 10.1. The van der Waals surface area contributed by atoms with E-state index in [1.54, 1.807) is 6.20 Å². The van der Waals surface area contributed by atoms with Crippen molar-refractivity contribution in [1.29, 1.82) is 5.26 Å². The molecule has 1 aromatic heterocycles. The highest BCUT2D eigenvalue weighted by Crippen LogP contribution is 2.17. The van der Waals surface area contributed by atoms with E-state index in [-0.39, 0.29) is 0 Å². The fourth-order valence-corrected chi connectivity index (χ4v) is 1.71. The van der Waals surface area contributed by atoms with Gasteiger partial charge in [0.2, 0.25) is 0 Å². The smallest absolute Gasteiger partial charge is 0.144 e. The summed E-state index contributed by atoms with van der Waals surface area (Å²) in [6.45, 7) is 2.44. The molecule has 0 aliphatic rings. The number of aryl methyl sites for hydroxylation is 1. The molecule has 0 amide bonds. The average Bonchev–Trinajstić information content (AvgIpc) is 2.38. The fraction of sp³-hybridized carbons (Fsp3) is 0.143. The summed E-state index contributed by atoms with van der Waals surface area (Å²) in [5, 5.41) is 12.2. The van der Waals surface area contributed by atoms with E-state index in [1.807, 2.05) is 37.3 Å². The summed E-state index contributed by atoms with van der Waals surface area (Å²) in [5.41, 5.74) is 9.07. The van der Waals surface area contributed by atoms with Gasteiger partial charge < -0.3 is 11.1 Å². The second kappa shape index (κ2) is 5.19. The number of pyridine rings is 1. The second-order valence-electron chi connectivity index (χ2n) is 4.02. The van der Waals surface area contributed by atoms with Gasteiger partial charge in [-0.3, -0.25) is 0 Å². The molecular weight excluding hydrogens is 224 g/mol. The summed E-state index contributed by atoms with van der Waals surface area (Å²) in [4.78, 5) is 4.18. The molecule has 18 heavy (non-hydrogen) atoms. The Morgan fingerprint density at radius 2 is 2.11 bits per heavy atom. The minimum atomic E-state index is 0.553. The van der Waals surface area contributed by atoms with E-state index in [4.69, 9.17) is 11.0 Å². The number of para-hydroxylation sites is 1. The van der Waals surface area contributed by atoms with Gasteiger partial charge in [0.1, 0.15) is 11.9 Å². The van der Waals surface area contributed by atoms with Crippen molar-refractivity contribution in [3.8, 4) is 6.07 Å². The van der Waals surface area contributed by atoms with E-state index in [1.165, 1.54) is 0 Å². The van der Waals surface area contributed by atoms with Crippen LogP contribution in [-0.2, 0) is 6.54 Å². The molecule has 4 nitrogen and oxygen atoms in total. The summed E-state index contributed by atoms with van der Waals surface area (Å²) in [6.07, 6.45) is 1.69. The minimum absolute atomic E-state index is 0.553. The van der Waals surface area contributed by atoms with E-state index in [0.717, 1.165) is 16.8 Å². The topological polar surface area (TPSA) is 74.7 Å². The lowest BCUT2D eigenvalue weighted by Gasteiger charge is -2.10. The zero-order valence-electron chi connectivity index (χ0n) is 10.1. The number of nitrogens with zero attached hydrogens (tertiary/aromatic N) is 2. The molecule has 3 N–H and O–H groups in total. The average molecular weight is 238 g/mol. The Morgan fingerprint density at radius 3 is 2.83 bits per heavy atom. The van der Waals surface area contributed by atoms with Gasteiger partial charge in [-0.15, -0.1) is 0 Å². The van der Waals surface area contributed by atoms with Crippen LogP contribution >= 0.6 is 0 Å². The summed E-state index contributed by atoms with van der Waals surface area (Å²) in [7, 11) is 0. The van der Waals surface area contributed by atoms with E-state index in [0.29, 0.717) is 17.9 Å². The molecule has 0 spiro atoms. The highest BCUT2D eigenvalue weighted by molar-refractivity contribution is 5.56. The van der Waals surface area contributed by atoms with E-state index >= 15 is 0 Å². The molecule has 0 atom stereocenters. The Hall–Kier alpha value is -2.54. The van der Waals surface area contributed by atoms with Crippen LogP contribution in [-0.4, -0.2) is 4.98 Å². The van der Waals surface area contributed by atoms with Gasteiger partial charge in [-0.05, 0) is 30.2 Å². The molecule has 1 heterocycles. The van der Waals surface area contributed by atoms with Crippen LogP contribution in [0.4, 0.5) is 11.5 Å². The lowest BCUT2D eigenvalue weighted by atomic mass is 10.1. The van der Waals surface area contributed by atoms with Crippen molar-refractivity contribution < 1.29 is 0 Å². The first kappa shape index (κ1) is 11.9. The van der Waals surface area contributed by atoms with Crippen LogP contribution < -0.4 is 11.1 Å². The van der Waals surface area contributed by atoms with Crippen LogP contribution in [0.15, 0.2) is 36.5 Å². The zero-order chi connectivity index (χ0) is 13.0. The summed E-state index contributed by atoms with van der Waals surface area (Å²) in [6, 6.07) is 11.6. The maximum atomic E-state index is 9.10. The number of rotatable bonds is 3. The van der Waals surface area contributed by atoms with Crippen molar-refractivity contribution in [2.75, 3.05) is 11.1 Å². The first-order chi connectivity index (χ1) is 8.72. The van der Waals surface area contributed by atoms with E-state index in [9.17, 15) is 0 Å². The molecule has 0 saturated carbocycles. The highest BCUT2D eigenvalue weighted by Gasteiger charge is 2.06. The van der Waals surface area contributed by atoms with Gasteiger partial charge in [0.05, 0.1) is 5.56 Å². The molecule has 0 radical (unpaired) electrons. The number of aromatic nitrogens is 1. The highest BCUT2D eigenvalue weighted by atomic mass is 15.0. The van der Waals surface area contributed by atoms with E-state index < -0.39 is 0 Å². The lowest BCUT2D eigenvalue weighted by Crippen LogP contribution is -2.06. The Kier molecular flexibility index (Phi) is 3.44. The lowest BCUT2D eigenvalue weighted by molar-refractivity contribution is 1.10. The number of anilines is 2. The molecule has 0 aliphatic carbocycles. The van der Waals surface area contributed by atoms with Crippen LogP contribution in [0.1, 0.15) is 16.7 Å². The standard InChI is InChI=1S/C14H14N4/c1-10-6-7-17-14(12(10)8-15)18-9-11-4-2-3-5-13(11)16/h2-7H,9,16H2,1H3,(H,17,18).